The second-order valence-corrected chi connectivity index (χ2v) is 5.13. The van der Waals surface area contributed by atoms with Crippen molar-refractivity contribution in [2.45, 2.75) is 19.9 Å². The minimum absolute atomic E-state index is 0.00924. The van der Waals surface area contributed by atoms with Crippen LogP contribution in [-0.2, 0) is 6.54 Å². The van der Waals surface area contributed by atoms with E-state index in [9.17, 15) is 15.4 Å². The van der Waals surface area contributed by atoms with Crippen LogP contribution in [0.5, 0.6) is 0 Å². The normalized spacial score (nSPS) is 11.0. The maximum atomic E-state index is 11.0. The zero-order valence-electron chi connectivity index (χ0n) is 12.8. The number of aliphatic imine (C=N–C) groups is 1. The molecule has 0 unspecified atom stereocenters. The summed E-state index contributed by atoms with van der Waals surface area (Å²) < 4.78 is 1.86. The van der Waals surface area contributed by atoms with Crippen LogP contribution in [0.25, 0.3) is 10.9 Å². The van der Waals surface area contributed by atoms with Crippen LogP contribution >= 0.6 is 0 Å². The third-order valence-corrected chi connectivity index (χ3v) is 3.20. The lowest BCUT2D eigenvalue weighted by Crippen LogP contribution is -2.07. The molecular weight excluding hydrogens is 282 g/mol. The van der Waals surface area contributed by atoms with Crippen molar-refractivity contribution in [1.29, 1.82) is 5.26 Å². The molecule has 1 aromatic heterocycles. The number of nitriles is 1. The fourth-order valence-electron chi connectivity index (χ4n) is 2.30. The average Bonchev–Trinajstić information content (AvgIpc) is 2.78. The van der Waals surface area contributed by atoms with Crippen LogP contribution in [0.2, 0.25) is 0 Å². The Kier molecular flexibility index (Phi) is 4.41. The predicted molar refractivity (Wildman–Crippen MR) is 85.4 cm³/mol. The third kappa shape index (κ3) is 2.76. The Hall–Kier alpha value is -2.88. The highest BCUT2D eigenvalue weighted by Crippen LogP contribution is 2.34. The fourth-order valence-corrected chi connectivity index (χ4v) is 2.30. The summed E-state index contributed by atoms with van der Waals surface area (Å²) in [5.74, 6) is 0.536. The summed E-state index contributed by atoms with van der Waals surface area (Å²) in [7, 11) is 3.68. The number of nitro benzene ring substituents is 1. The molecule has 7 heteroatoms. The highest BCUT2D eigenvalue weighted by molar-refractivity contribution is 5.93. The zero-order chi connectivity index (χ0) is 16.3. The van der Waals surface area contributed by atoms with Crippen molar-refractivity contribution in [3.8, 4) is 6.07 Å². The van der Waals surface area contributed by atoms with Gasteiger partial charge < -0.3 is 9.47 Å². The van der Waals surface area contributed by atoms with Gasteiger partial charge in [0.05, 0.1) is 16.8 Å². The average molecular weight is 299 g/mol. The summed E-state index contributed by atoms with van der Waals surface area (Å²) in [4.78, 5) is 16.7. The largest absolute Gasteiger partial charge is 0.369 e. The number of non-ortho nitro benzene ring substituents is 1. The first-order valence-electron chi connectivity index (χ1n) is 6.91. The molecule has 0 atom stereocenters. The van der Waals surface area contributed by atoms with Crippen molar-refractivity contribution in [3.63, 3.8) is 0 Å². The molecule has 0 radical (unpaired) electrons. The molecule has 2 rings (SSSR count). The molecule has 7 nitrogen and oxygen atoms in total. The lowest BCUT2D eigenvalue weighted by Gasteiger charge is -2.07. The van der Waals surface area contributed by atoms with E-state index in [1.165, 1.54) is 12.1 Å². The van der Waals surface area contributed by atoms with Crippen LogP contribution < -0.4 is 0 Å². The number of fused-ring (bicyclic) bond motifs is 1. The molecule has 0 bridgehead atoms. The summed E-state index contributed by atoms with van der Waals surface area (Å²) in [5, 5.41) is 21.1. The monoisotopic (exact) mass is 299 g/mol. The van der Waals surface area contributed by atoms with Gasteiger partial charge in [0.15, 0.2) is 5.82 Å². The summed E-state index contributed by atoms with van der Waals surface area (Å²) in [6.07, 6.45) is 2.46. The third-order valence-electron chi connectivity index (χ3n) is 3.20. The molecule has 0 saturated heterocycles. The molecule has 0 amide bonds. The SMILES string of the molecule is CCCn1c(/N=C/N(C)C)c(C#N)c2ccc([N+](=O)[O-])cc21. The first-order valence-corrected chi connectivity index (χ1v) is 6.91. The van der Waals surface area contributed by atoms with Crippen molar-refractivity contribution in [2.24, 2.45) is 4.99 Å². The number of rotatable bonds is 5. The molecule has 0 spiro atoms. The number of hydrogen-bond acceptors (Lipinski definition) is 4. The van der Waals surface area contributed by atoms with Gasteiger partial charge >= 0.3 is 0 Å². The smallest absolute Gasteiger partial charge is 0.271 e. The minimum Gasteiger partial charge on any atom is -0.369 e. The Morgan fingerprint density at radius 2 is 2.23 bits per heavy atom. The van der Waals surface area contributed by atoms with Gasteiger partial charge in [-0.15, -0.1) is 0 Å². The molecule has 2 aromatic rings. The van der Waals surface area contributed by atoms with Gasteiger partial charge in [0.1, 0.15) is 11.6 Å². The molecule has 1 aromatic carbocycles. The van der Waals surface area contributed by atoms with E-state index in [1.807, 2.05) is 25.6 Å². The van der Waals surface area contributed by atoms with Gasteiger partial charge in [0.25, 0.3) is 5.69 Å². The van der Waals surface area contributed by atoms with Gasteiger partial charge in [-0.1, -0.05) is 6.92 Å². The lowest BCUT2D eigenvalue weighted by atomic mass is 10.1. The number of hydrogen-bond donors (Lipinski definition) is 0. The van der Waals surface area contributed by atoms with Crippen LogP contribution in [0.3, 0.4) is 0 Å². The highest BCUT2D eigenvalue weighted by Gasteiger charge is 2.19. The Labute approximate surface area is 128 Å². The van der Waals surface area contributed by atoms with E-state index in [1.54, 1.807) is 17.3 Å². The second kappa shape index (κ2) is 6.26. The number of benzene rings is 1. The number of nitrogens with zero attached hydrogens (tertiary/aromatic N) is 5. The van der Waals surface area contributed by atoms with Crippen molar-refractivity contribution < 1.29 is 4.92 Å². The summed E-state index contributed by atoms with van der Waals surface area (Å²) in [5.41, 5.74) is 1.12. The molecule has 22 heavy (non-hydrogen) atoms. The Morgan fingerprint density at radius 3 is 2.77 bits per heavy atom. The van der Waals surface area contributed by atoms with Crippen molar-refractivity contribution >= 4 is 28.7 Å². The molecular formula is C15H17N5O2. The van der Waals surface area contributed by atoms with Gasteiger partial charge in [0, 0.05) is 38.2 Å². The fraction of sp³-hybridized carbons (Fsp3) is 0.333. The van der Waals surface area contributed by atoms with Crippen molar-refractivity contribution in [2.75, 3.05) is 14.1 Å². The van der Waals surface area contributed by atoms with E-state index >= 15 is 0 Å². The van der Waals surface area contributed by atoms with Crippen LogP contribution in [0.4, 0.5) is 11.5 Å². The van der Waals surface area contributed by atoms with Crippen LogP contribution in [0.1, 0.15) is 18.9 Å². The van der Waals surface area contributed by atoms with Gasteiger partial charge in [-0.25, -0.2) is 4.99 Å². The maximum Gasteiger partial charge on any atom is 0.271 e. The Balaban J connectivity index is 2.78. The van der Waals surface area contributed by atoms with Gasteiger partial charge in [-0.3, -0.25) is 10.1 Å². The molecule has 0 fully saturated rings. The molecule has 0 N–H and O–H groups in total. The van der Waals surface area contributed by atoms with E-state index in [0.29, 0.717) is 28.8 Å². The van der Waals surface area contributed by atoms with E-state index in [0.717, 1.165) is 6.42 Å². The maximum absolute atomic E-state index is 11.0. The standard InChI is InChI=1S/C15H17N5O2/c1-4-7-19-14-8-11(20(21)22)5-6-12(14)13(9-16)15(19)17-10-18(2)3/h5-6,8,10H,4,7H2,1-3H3/b17-10+. The second-order valence-electron chi connectivity index (χ2n) is 5.13. The van der Waals surface area contributed by atoms with Crippen molar-refractivity contribution in [1.82, 2.24) is 9.47 Å². The van der Waals surface area contributed by atoms with E-state index < -0.39 is 4.92 Å². The van der Waals surface area contributed by atoms with Crippen LogP contribution in [0.15, 0.2) is 23.2 Å². The zero-order valence-corrected chi connectivity index (χ0v) is 12.8. The molecule has 0 aliphatic heterocycles. The highest BCUT2D eigenvalue weighted by atomic mass is 16.6. The van der Waals surface area contributed by atoms with Gasteiger partial charge in [0.2, 0.25) is 0 Å². The Morgan fingerprint density at radius 1 is 1.50 bits per heavy atom. The molecule has 0 saturated carbocycles. The molecule has 1 heterocycles. The number of aromatic nitrogens is 1. The summed E-state index contributed by atoms with van der Waals surface area (Å²) >= 11 is 0. The van der Waals surface area contributed by atoms with Gasteiger partial charge in [-0.2, -0.15) is 5.26 Å². The van der Waals surface area contributed by atoms with E-state index in [-0.39, 0.29) is 5.69 Å². The predicted octanol–water partition coefficient (Wildman–Crippen LogP) is 3.05. The van der Waals surface area contributed by atoms with E-state index in [2.05, 4.69) is 11.1 Å². The number of aryl methyl sites for hydroxylation is 1. The summed E-state index contributed by atoms with van der Waals surface area (Å²) in [6.45, 7) is 2.65. The van der Waals surface area contributed by atoms with Gasteiger partial charge in [-0.05, 0) is 12.5 Å². The van der Waals surface area contributed by atoms with Crippen LogP contribution in [-0.4, -0.2) is 34.8 Å². The van der Waals surface area contributed by atoms with Crippen molar-refractivity contribution in [3.05, 3.63) is 33.9 Å². The lowest BCUT2D eigenvalue weighted by molar-refractivity contribution is -0.384. The molecule has 0 aliphatic carbocycles. The van der Waals surface area contributed by atoms with E-state index in [4.69, 9.17) is 0 Å². The minimum atomic E-state index is -0.433. The molecule has 114 valence electrons. The Bertz CT molecular complexity index is 783. The molecule has 0 aliphatic rings. The topological polar surface area (TPSA) is 87.5 Å². The first-order chi connectivity index (χ1) is 10.5. The summed E-state index contributed by atoms with van der Waals surface area (Å²) in [6, 6.07) is 6.70. The first kappa shape index (κ1) is 15.5. The van der Waals surface area contributed by atoms with Crippen LogP contribution in [0, 0.1) is 21.4 Å². The quantitative estimate of drug-likeness (QED) is 0.367. The number of nitro groups is 1.